The Kier molecular flexibility index (Phi) is 5.12. The first-order valence-electron chi connectivity index (χ1n) is 8.78. The van der Waals surface area contributed by atoms with Gasteiger partial charge in [0.05, 0.1) is 7.05 Å². The molecular formula is C19H20ClFN4O4. The Bertz CT molecular complexity index is 1000. The highest BCUT2D eigenvalue weighted by Gasteiger charge is 2.51. The normalized spacial score (nSPS) is 16.7. The lowest BCUT2D eigenvalue weighted by Crippen LogP contribution is -2.59. The third-order valence-corrected chi connectivity index (χ3v) is 5.79. The smallest absolute Gasteiger partial charge is 0.332 e. The number of nitrogens with zero attached hydrogens (tertiary/aromatic N) is 4. The number of amides is 4. The van der Waals surface area contributed by atoms with Gasteiger partial charge in [-0.15, -0.1) is 0 Å². The van der Waals surface area contributed by atoms with Gasteiger partial charge < -0.3 is 5.21 Å². The number of urea groups is 1. The van der Waals surface area contributed by atoms with E-state index in [-0.39, 0.29) is 16.4 Å². The molecule has 0 unspecified atom stereocenters. The van der Waals surface area contributed by atoms with E-state index in [9.17, 15) is 24.0 Å². The number of hydrogen-bond donors (Lipinski definition) is 0. The van der Waals surface area contributed by atoms with Crippen LogP contribution in [0.25, 0.3) is 0 Å². The van der Waals surface area contributed by atoms with Crippen molar-refractivity contribution in [3.05, 3.63) is 57.0 Å². The molecule has 10 heteroatoms. The molecule has 0 radical (unpaired) electrons. The number of aromatic nitrogens is 2. The molecule has 0 saturated carbocycles. The van der Waals surface area contributed by atoms with Gasteiger partial charge in [0.25, 0.3) is 5.82 Å². The number of halogens is 2. The van der Waals surface area contributed by atoms with Crippen LogP contribution in [0, 0.1) is 30.8 Å². The van der Waals surface area contributed by atoms with Crippen LogP contribution >= 0.6 is 11.6 Å². The van der Waals surface area contributed by atoms with Gasteiger partial charge in [-0.2, -0.15) is 0 Å². The topological polar surface area (TPSA) is 89.6 Å². The van der Waals surface area contributed by atoms with Gasteiger partial charge in [-0.25, -0.2) is 18.5 Å². The van der Waals surface area contributed by atoms with Crippen molar-refractivity contribution in [2.75, 3.05) is 14.1 Å². The van der Waals surface area contributed by atoms with Crippen LogP contribution in [0.3, 0.4) is 0 Å². The highest BCUT2D eigenvalue weighted by Crippen LogP contribution is 2.37. The maximum absolute atomic E-state index is 14.9. The van der Waals surface area contributed by atoms with Crippen LogP contribution in [0.1, 0.15) is 28.7 Å². The average molecular weight is 423 g/mol. The highest BCUT2D eigenvalue weighted by atomic mass is 35.5. The first-order chi connectivity index (χ1) is 13.5. The molecule has 4 amide bonds. The molecule has 1 saturated heterocycles. The Morgan fingerprint density at radius 1 is 1.10 bits per heavy atom. The molecule has 29 heavy (non-hydrogen) atoms. The van der Waals surface area contributed by atoms with E-state index in [1.807, 2.05) is 0 Å². The van der Waals surface area contributed by atoms with Crippen molar-refractivity contribution >= 4 is 29.4 Å². The molecule has 8 nitrogen and oxygen atoms in total. The lowest BCUT2D eigenvalue weighted by molar-refractivity contribution is -0.621. The van der Waals surface area contributed by atoms with Crippen molar-refractivity contribution in [1.29, 1.82) is 0 Å². The molecule has 0 N–H and O–H groups in total. The first kappa shape index (κ1) is 20.8. The van der Waals surface area contributed by atoms with Crippen molar-refractivity contribution in [3.63, 3.8) is 0 Å². The Balaban J connectivity index is 2.33. The van der Waals surface area contributed by atoms with Gasteiger partial charge in [0.1, 0.15) is 29.0 Å². The van der Waals surface area contributed by atoms with Crippen LogP contribution in [0.4, 0.5) is 9.18 Å². The van der Waals surface area contributed by atoms with Gasteiger partial charge in [-0.05, 0) is 12.1 Å². The lowest BCUT2D eigenvalue weighted by atomic mass is 9.82. The number of barbiturate groups is 1. The van der Waals surface area contributed by atoms with E-state index in [0.717, 1.165) is 15.9 Å². The Morgan fingerprint density at radius 2 is 1.66 bits per heavy atom. The summed E-state index contributed by atoms with van der Waals surface area (Å²) in [6, 6.07) is 3.02. The number of carbonyl (C=O) groups excluding carboxylic acids is 3. The molecule has 154 valence electrons. The molecule has 1 aromatic carbocycles. The monoisotopic (exact) mass is 422 g/mol. The average Bonchev–Trinajstić information content (AvgIpc) is 2.86. The Morgan fingerprint density at radius 3 is 2.10 bits per heavy atom. The minimum absolute atomic E-state index is 0.0177. The van der Waals surface area contributed by atoms with Crippen molar-refractivity contribution in [2.45, 2.75) is 19.8 Å². The van der Waals surface area contributed by atoms with Crippen LogP contribution in [-0.2, 0) is 16.6 Å². The molecule has 0 spiro atoms. The SMILES string of the molecule is Cc1c(C)[n+]([O-])c([C@@H](c2ccc(Cl)cc2F)C2C(=O)N(C)C(=O)N(C)C2=O)n1C. The second-order valence-corrected chi connectivity index (χ2v) is 7.52. The van der Waals surface area contributed by atoms with E-state index in [1.165, 1.54) is 30.8 Å². The molecule has 2 heterocycles. The van der Waals surface area contributed by atoms with E-state index in [1.54, 1.807) is 20.9 Å². The number of imide groups is 2. The second-order valence-electron chi connectivity index (χ2n) is 7.08. The minimum Gasteiger partial charge on any atom is -0.711 e. The maximum atomic E-state index is 14.9. The summed E-state index contributed by atoms with van der Waals surface area (Å²) >= 11 is 5.86. The van der Waals surface area contributed by atoms with Crippen LogP contribution < -0.4 is 4.73 Å². The standard InChI is InChI=1S/C19H20ClFN4O4/c1-9-10(2)25(29)16(22(9)3)14(12-7-6-11(20)8-13(12)21)15-17(26)23(4)19(28)24(5)18(15)27/h6-8,14-15H,1-5H3/t14-/m0/s1. The fourth-order valence-electron chi connectivity index (χ4n) is 3.65. The third-order valence-electron chi connectivity index (χ3n) is 5.56. The highest BCUT2D eigenvalue weighted by molar-refractivity contribution is 6.30. The van der Waals surface area contributed by atoms with E-state index in [0.29, 0.717) is 16.1 Å². The van der Waals surface area contributed by atoms with Crippen LogP contribution in [0.5, 0.6) is 0 Å². The van der Waals surface area contributed by atoms with Gasteiger partial charge in [0, 0.05) is 38.5 Å². The van der Waals surface area contributed by atoms with Crippen molar-refractivity contribution in [1.82, 2.24) is 14.4 Å². The van der Waals surface area contributed by atoms with E-state index in [2.05, 4.69) is 0 Å². The Hall–Kier alpha value is -2.94. The number of rotatable bonds is 3. The number of benzene rings is 1. The van der Waals surface area contributed by atoms with Crippen molar-refractivity contribution in [3.8, 4) is 0 Å². The molecule has 0 bridgehead atoms. The van der Waals surface area contributed by atoms with Crippen molar-refractivity contribution in [2.24, 2.45) is 13.0 Å². The summed E-state index contributed by atoms with van der Waals surface area (Å²) in [5, 5.41) is 13.0. The largest absolute Gasteiger partial charge is 0.711 e. The molecular weight excluding hydrogens is 403 g/mol. The third kappa shape index (κ3) is 3.05. The molecule has 2 aromatic rings. The zero-order valence-corrected chi connectivity index (χ0v) is 17.3. The van der Waals surface area contributed by atoms with Gasteiger partial charge in [0.2, 0.25) is 11.8 Å². The summed E-state index contributed by atoms with van der Waals surface area (Å²) in [6.45, 7) is 3.29. The summed E-state index contributed by atoms with van der Waals surface area (Å²) in [6.07, 6.45) is 0. The molecule has 1 aliphatic rings. The van der Waals surface area contributed by atoms with E-state index >= 15 is 0 Å². The molecule has 3 rings (SSSR count). The molecule has 0 aliphatic carbocycles. The second kappa shape index (κ2) is 7.14. The summed E-state index contributed by atoms with van der Waals surface area (Å²) < 4.78 is 17.0. The van der Waals surface area contributed by atoms with Gasteiger partial charge in [-0.3, -0.25) is 19.4 Å². The maximum Gasteiger partial charge on any atom is 0.332 e. The summed E-state index contributed by atoms with van der Waals surface area (Å²) in [5.74, 6) is -5.13. The summed E-state index contributed by atoms with van der Waals surface area (Å²) in [4.78, 5) is 39.7. The molecule has 1 aliphatic heterocycles. The van der Waals surface area contributed by atoms with Crippen LogP contribution in [-0.4, -0.2) is 46.3 Å². The lowest BCUT2D eigenvalue weighted by Gasteiger charge is -2.35. The van der Waals surface area contributed by atoms with Crippen LogP contribution in [0.15, 0.2) is 18.2 Å². The Labute approximate surface area is 171 Å². The van der Waals surface area contributed by atoms with Crippen LogP contribution in [0.2, 0.25) is 5.02 Å². The summed E-state index contributed by atoms with van der Waals surface area (Å²) in [5.41, 5.74) is 0.917. The number of imidazole rings is 1. The van der Waals surface area contributed by atoms with E-state index < -0.39 is 35.5 Å². The zero-order valence-electron chi connectivity index (χ0n) is 16.6. The molecule has 1 fully saturated rings. The predicted molar refractivity (Wildman–Crippen MR) is 102 cm³/mol. The fourth-order valence-corrected chi connectivity index (χ4v) is 3.81. The van der Waals surface area contributed by atoms with E-state index in [4.69, 9.17) is 11.6 Å². The van der Waals surface area contributed by atoms with Crippen molar-refractivity contribution < 1.29 is 23.5 Å². The number of carbonyl (C=O) groups is 3. The predicted octanol–water partition coefficient (Wildman–Crippen LogP) is 1.87. The van der Waals surface area contributed by atoms with Gasteiger partial charge in [-0.1, -0.05) is 17.7 Å². The van der Waals surface area contributed by atoms with Gasteiger partial charge in [0.15, 0.2) is 0 Å². The zero-order chi connectivity index (χ0) is 21.8. The minimum atomic E-state index is -1.49. The molecule has 1 aromatic heterocycles. The fraction of sp³-hybridized carbons (Fsp3) is 0.368. The quantitative estimate of drug-likeness (QED) is 0.429. The number of hydrogen-bond acceptors (Lipinski definition) is 4. The summed E-state index contributed by atoms with van der Waals surface area (Å²) in [7, 11) is 4.08. The first-order valence-corrected chi connectivity index (χ1v) is 9.16. The molecule has 1 atom stereocenters. The van der Waals surface area contributed by atoms with Gasteiger partial charge >= 0.3 is 6.03 Å².